The smallest absolute Gasteiger partial charge is 0.330 e. The third-order valence-corrected chi connectivity index (χ3v) is 4.93. The van der Waals surface area contributed by atoms with E-state index in [0.29, 0.717) is 31.6 Å². The van der Waals surface area contributed by atoms with Gasteiger partial charge in [-0.05, 0) is 18.4 Å². The number of rotatable bonds is 2. The quantitative estimate of drug-likeness (QED) is 0.831. The van der Waals surface area contributed by atoms with E-state index >= 15 is 0 Å². The highest BCUT2D eigenvalue weighted by atomic mass is 16.2. The van der Waals surface area contributed by atoms with E-state index in [0.717, 1.165) is 10.1 Å². The van der Waals surface area contributed by atoms with E-state index in [9.17, 15) is 14.9 Å². The number of nitrogens with zero attached hydrogens (tertiary/aromatic N) is 4. The zero-order valence-electron chi connectivity index (χ0n) is 13.9. The lowest BCUT2D eigenvalue weighted by Crippen LogP contribution is -2.46. The molecule has 0 unspecified atom stereocenters. The number of aryl methyl sites for hydroxylation is 1. The predicted molar refractivity (Wildman–Crippen MR) is 92.1 cm³/mol. The van der Waals surface area contributed by atoms with E-state index in [1.165, 1.54) is 11.6 Å². The van der Waals surface area contributed by atoms with Crippen molar-refractivity contribution in [3.8, 4) is 6.07 Å². The van der Waals surface area contributed by atoms with Gasteiger partial charge in [0.1, 0.15) is 5.69 Å². The van der Waals surface area contributed by atoms with Crippen molar-refractivity contribution in [2.75, 3.05) is 18.0 Å². The highest BCUT2D eigenvalue weighted by molar-refractivity contribution is 5.45. The minimum atomic E-state index is -0.510. The molecule has 0 radical (unpaired) electrons. The van der Waals surface area contributed by atoms with Crippen LogP contribution in [0.5, 0.6) is 0 Å². The average Bonchev–Trinajstić information content (AvgIpc) is 2.64. The van der Waals surface area contributed by atoms with Crippen LogP contribution in [-0.2, 0) is 19.5 Å². The molecule has 24 heavy (non-hydrogen) atoms. The summed E-state index contributed by atoms with van der Waals surface area (Å²) in [6.45, 7) is 1.21. The number of benzene rings is 1. The number of aromatic nitrogens is 2. The maximum atomic E-state index is 12.4. The Labute approximate surface area is 140 Å². The lowest BCUT2D eigenvalue weighted by molar-refractivity contribution is 0.414. The Hall–Kier alpha value is -2.81. The van der Waals surface area contributed by atoms with Crippen LogP contribution in [0.15, 0.2) is 46.1 Å². The second-order valence-corrected chi connectivity index (χ2v) is 6.32. The van der Waals surface area contributed by atoms with Crippen molar-refractivity contribution in [3.05, 3.63) is 62.9 Å². The van der Waals surface area contributed by atoms with Crippen LogP contribution in [0, 0.1) is 11.3 Å². The van der Waals surface area contributed by atoms with E-state index in [4.69, 9.17) is 0 Å². The van der Waals surface area contributed by atoms with Gasteiger partial charge in [0.25, 0.3) is 5.56 Å². The molecule has 3 rings (SSSR count). The molecule has 0 bridgehead atoms. The fourth-order valence-electron chi connectivity index (χ4n) is 3.36. The van der Waals surface area contributed by atoms with Crippen LogP contribution in [-0.4, -0.2) is 22.2 Å². The molecule has 2 heterocycles. The minimum Gasteiger partial charge on any atom is -0.366 e. The van der Waals surface area contributed by atoms with Crippen LogP contribution in [0.25, 0.3) is 0 Å². The van der Waals surface area contributed by atoms with Gasteiger partial charge in [-0.3, -0.25) is 9.36 Å². The maximum absolute atomic E-state index is 12.4. The molecule has 2 aromatic rings. The first kappa shape index (κ1) is 16.1. The summed E-state index contributed by atoms with van der Waals surface area (Å²) < 4.78 is 2.54. The van der Waals surface area contributed by atoms with Crippen molar-refractivity contribution in [1.82, 2.24) is 9.13 Å². The maximum Gasteiger partial charge on any atom is 0.330 e. The molecule has 0 spiro atoms. The Bertz CT molecular complexity index is 897. The summed E-state index contributed by atoms with van der Waals surface area (Å²) in [7, 11) is 3.13. The van der Waals surface area contributed by atoms with Crippen molar-refractivity contribution in [1.29, 1.82) is 5.26 Å². The molecular formula is C18H20N4O2. The fraction of sp³-hybridized carbons (Fsp3) is 0.389. The Balaban J connectivity index is 1.90. The molecule has 1 saturated heterocycles. The summed E-state index contributed by atoms with van der Waals surface area (Å²) in [5, 5.41) is 9.75. The van der Waals surface area contributed by atoms with Gasteiger partial charge in [0.15, 0.2) is 0 Å². The van der Waals surface area contributed by atoms with Gasteiger partial charge in [0.2, 0.25) is 0 Å². The van der Waals surface area contributed by atoms with Crippen molar-refractivity contribution in [3.63, 3.8) is 0 Å². The number of piperidine rings is 1. The van der Waals surface area contributed by atoms with Gasteiger partial charge in [0.05, 0.1) is 11.5 Å². The monoisotopic (exact) mass is 324 g/mol. The Kier molecular flexibility index (Phi) is 4.02. The molecule has 1 fully saturated rings. The van der Waals surface area contributed by atoms with Gasteiger partial charge in [-0.2, -0.15) is 5.26 Å². The van der Waals surface area contributed by atoms with Crippen LogP contribution in [0.1, 0.15) is 18.4 Å². The van der Waals surface area contributed by atoms with Crippen LogP contribution >= 0.6 is 0 Å². The molecule has 1 aliphatic rings. The van der Waals surface area contributed by atoms with E-state index in [1.54, 1.807) is 13.2 Å². The number of hydrogen-bond donors (Lipinski definition) is 0. The van der Waals surface area contributed by atoms with E-state index in [-0.39, 0.29) is 11.2 Å². The molecule has 0 aliphatic carbocycles. The van der Waals surface area contributed by atoms with Crippen LogP contribution < -0.4 is 16.1 Å². The normalized spacial score (nSPS) is 16.6. The molecule has 0 amide bonds. The van der Waals surface area contributed by atoms with E-state index in [2.05, 4.69) is 6.07 Å². The second-order valence-electron chi connectivity index (χ2n) is 6.32. The van der Waals surface area contributed by atoms with Crippen molar-refractivity contribution >= 4 is 5.69 Å². The van der Waals surface area contributed by atoms with Gasteiger partial charge < -0.3 is 9.47 Å². The van der Waals surface area contributed by atoms with Crippen molar-refractivity contribution < 1.29 is 0 Å². The molecule has 6 heteroatoms. The molecule has 1 aliphatic heterocycles. The van der Waals surface area contributed by atoms with Crippen LogP contribution in [0.3, 0.4) is 0 Å². The van der Waals surface area contributed by atoms with Gasteiger partial charge in [-0.25, -0.2) is 4.79 Å². The van der Waals surface area contributed by atoms with Crippen molar-refractivity contribution in [2.45, 2.75) is 18.3 Å². The van der Waals surface area contributed by atoms with Crippen LogP contribution in [0.2, 0.25) is 0 Å². The standard InChI is InChI=1S/C18H20N4O2/c1-20-12-15(16(23)21(2)17(20)24)22-10-8-18(13-19,9-11-22)14-6-4-3-5-7-14/h3-7,12H,8-11H2,1-2H3. The molecule has 124 valence electrons. The fourth-order valence-corrected chi connectivity index (χ4v) is 3.36. The molecule has 6 nitrogen and oxygen atoms in total. The Morgan fingerprint density at radius 3 is 2.29 bits per heavy atom. The highest BCUT2D eigenvalue weighted by Gasteiger charge is 2.37. The summed E-state index contributed by atoms with van der Waals surface area (Å²) in [5.74, 6) is 0. The highest BCUT2D eigenvalue weighted by Crippen LogP contribution is 2.35. The SMILES string of the molecule is Cn1cc(N2CCC(C#N)(c3ccccc3)CC2)c(=O)n(C)c1=O. The predicted octanol–water partition coefficient (Wildman–Crippen LogP) is 1.15. The van der Waals surface area contributed by atoms with Gasteiger partial charge in [0, 0.05) is 33.4 Å². The number of hydrogen-bond acceptors (Lipinski definition) is 4. The molecular weight excluding hydrogens is 304 g/mol. The summed E-state index contributed by atoms with van der Waals surface area (Å²) >= 11 is 0. The Morgan fingerprint density at radius 2 is 1.71 bits per heavy atom. The third kappa shape index (κ3) is 2.52. The van der Waals surface area contributed by atoms with Gasteiger partial charge in [-0.1, -0.05) is 30.3 Å². The zero-order valence-corrected chi connectivity index (χ0v) is 13.9. The van der Waals surface area contributed by atoms with Crippen LogP contribution in [0.4, 0.5) is 5.69 Å². The largest absolute Gasteiger partial charge is 0.366 e. The minimum absolute atomic E-state index is 0.290. The first-order valence-corrected chi connectivity index (χ1v) is 7.97. The second kappa shape index (κ2) is 6.00. The molecule has 1 aromatic carbocycles. The third-order valence-electron chi connectivity index (χ3n) is 4.93. The summed E-state index contributed by atoms with van der Waals surface area (Å²) in [4.78, 5) is 26.2. The molecule has 0 saturated carbocycles. The lowest BCUT2D eigenvalue weighted by atomic mass is 9.74. The number of nitriles is 1. The van der Waals surface area contributed by atoms with Gasteiger partial charge >= 0.3 is 5.69 Å². The first-order valence-electron chi connectivity index (χ1n) is 7.97. The molecule has 1 aromatic heterocycles. The zero-order chi connectivity index (χ0) is 17.3. The first-order chi connectivity index (χ1) is 11.5. The molecule has 0 atom stereocenters. The summed E-state index contributed by atoms with van der Waals surface area (Å²) in [6, 6.07) is 12.3. The Morgan fingerprint density at radius 1 is 1.08 bits per heavy atom. The number of anilines is 1. The van der Waals surface area contributed by atoms with E-state index in [1.807, 2.05) is 35.2 Å². The van der Waals surface area contributed by atoms with Gasteiger partial charge in [-0.15, -0.1) is 0 Å². The van der Waals surface area contributed by atoms with E-state index < -0.39 is 5.41 Å². The van der Waals surface area contributed by atoms with Crippen molar-refractivity contribution in [2.24, 2.45) is 14.1 Å². The average molecular weight is 324 g/mol. The summed E-state index contributed by atoms with van der Waals surface area (Å²) in [6.07, 6.45) is 2.89. The summed E-state index contributed by atoms with van der Waals surface area (Å²) in [5.41, 5.74) is 0.405. The lowest BCUT2D eigenvalue weighted by Gasteiger charge is -2.38. The molecule has 0 N–H and O–H groups in total. The topological polar surface area (TPSA) is 71.0 Å².